The molecule has 0 spiro atoms. The lowest BCUT2D eigenvalue weighted by atomic mass is 10.1. The van der Waals surface area contributed by atoms with Gasteiger partial charge in [-0.05, 0) is 18.2 Å². The Kier molecular flexibility index (Phi) is 4.02. The number of benzene rings is 1. The number of rotatable bonds is 2. The molecule has 1 amide bonds. The van der Waals surface area contributed by atoms with E-state index in [1.54, 1.807) is 18.5 Å². The molecule has 0 fully saturated rings. The summed E-state index contributed by atoms with van der Waals surface area (Å²) >= 11 is 6.03. The average Bonchev–Trinajstić information content (AvgIpc) is 2.80. The van der Waals surface area contributed by atoms with E-state index in [0.717, 1.165) is 21.8 Å². The molecule has 19 heavy (non-hydrogen) atoms. The zero-order valence-electron chi connectivity index (χ0n) is 10.7. The molecule has 0 aliphatic rings. The average molecular weight is 276 g/mol. The van der Waals surface area contributed by atoms with Crippen LogP contribution in [-0.4, -0.2) is 16.4 Å². The first-order valence-corrected chi connectivity index (χ1v) is 6.42. The van der Waals surface area contributed by atoms with Crippen molar-refractivity contribution >= 4 is 45.5 Å². The number of carbonyl (C=O) groups is 1. The van der Waals surface area contributed by atoms with Crippen molar-refractivity contribution in [3.05, 3.63) is 35.6 Å². The van der Waals surface area contributed by atoms with Crippen LogP contribution in [0.5, 0.6) is 0 Å². The van der Waals surface area contributed by atoms with Gasteiger partial charge in [-0.3, -0.25) is 9.78 Å². The van der Waals surface area contributed by atoms with Crippen LogP contribution in [-0.2, 0) is 4.79 Å². The summed E-state index contributed by atoms with van der Waals surface area (Å²) in [6, 6.07) is 5.49. The first kappa shape index (κ1) is 13.4. The van der Waals surface area contributed by atoms with E-state index >= 15 is 0 Å². The summed E-state index contributed by atoms with van der Waals surface area (Å²) in [5.74, 6) is 0. The maximum absolute atomic E-state index is 10.6. The molecular formula is C14H14ClN3O. The predicted octanol–water partition coefficient (Wildman–Crippen LogP) is 3.96. The Morgan fingerprint density at radius 1 is 1.32 bits per heavy atom. The number of aromatic amines is 1. The SMILES string of the molecule is CC.O=CNc1cc(Cl)cc2c1[nH]c1cnccc12. The van der Waals surface area contributed by atoms with Gasteiger partial charge in [0.05, 0.1) is 22.9 Å². The minimum Gasteiger partial charge on any atom is -0.352 e. The van der Waals surface area contributed by atoms with Crippen LogP contribution in [0, 0.1) is 0 Å². The highest BCUT2D eigenvalue weighted by Crippen LogP contribution is 2.32. The molecule has 98 valence electrons. The monoisotopic (exact) mass is 275 g/mol. The Hall–Kier alpha value is -2.07. The zero-order chi connectivity index (χ0) is 13.8. The fraction of sp³-hybridized carbons (Fsp3) is 0.143. The van der Waals surface area contributed by atoms with Crippen LogP contribution >= 0.6 is 11.6 Å². The smallest absolute Gasteiger partial charge is 0.211 e. The molecule has 0 unspecified atom stereocenters. The van der Waals surface area contributed by atoms with Gasteiger partial charge in [-0.25, -0.2) is 0 Å². The molecule has 2 N–H and O–H groups in total. The van der Waals surface area contributed by atoms with E-state index in [-0.39, 0.29) is 0 Å². The number of hydrogen-bond donors (Lipinski definition) is 2. The maximum Gasteiger partial charge on any atom is 0.211 e. The van der Waals surface area contributed by atoms with Gasteiger partial charge in [0.1, 0.15) is 0 Å². The second kappa shape index (κ2) is 5.71. The minimum atomic E-state index is 0.583. The Bertz CT molecular complexity index is 721. The number of fused-ring (bicyclic) bond motifs is 3. The molecule has 5 heteroatoms. The van der Waals surface area contributed by atoms with E-state index in [4.69, 9.17) is 11.6 Å². The molecule has 3 aromatic rings. The summed E-state index contributed by atoms with van der Waals surface area (Å²) in [5.41, 5.74) is 2.43. The Morgan fingerprint density at radius 3 is 2.84 bits per heavy atom. The van der Waals surface area contributed by atoms with Crippen molar-refractivity contribution in [3.63, 3.8) is 0 Å². The second-order valence-electron chi connectivity index (χ2n) is 3.68. The fourth-order valence-corrected chi connectivity index (χ4v) is 2.21. The van der Waals surface area contributed by atoms with Crippen LogP contribution in [0.1, 0.15) is 13.8 Å². The predicted molar refractivity (Wildman–Crippen MR) is 79.6 cm³/mol. The van der Waals surface area contributed by atoms with Crippen molar-refractivity contribution in [1.29, 1.82) is 0 Å². The molecule has 2 heterocycles. The molecule has 0 bridgehead atoms. The number of anilines is 1. The highest BCUT2D eigenvalue weighted by Gasteiger charge is 2.09. The number of nitrogens with zero attached hydrogens (tertiary/aromatic N) is 1. The van der Waals surface area contributed by atoms with E-state index < -0.39 is 0 Å². The van der Waals surface area contributed by atoms with E-state index in [1.165, 1.54) is 0 Å². The van der Waals surface area contributed by atoms with E-state index in [2.05, 4.69) is 15.3 Å². The van der Waals surface area contributed by atoms with Gasteiger partial charge in [-0.1, -0.05) is 25.4 Å². The molecule has 3 rings (SSSR count). The first-order valence-electron chi connectivity index (χ1n) is 6.05. The largest absolute Gasteiger partial charge is 0.352 e. The number of hydrogen-bond acceptors (Lipinski definition) is 2. The Balaban J connectivity index is 0.000000637. The molecule has 0 saturated carbocycles. The third kappa shape index (κ3) is 2.39. The van der Waals surface area contributed by atoms with Gasteiger partial charge < -0.3 is 10.3 Å². The lowest BCUT2D eigenvalue weighted by Gasteiger charge is -2.01. The van der Waals surface area contributed by atoms with Crippen molar-refractivity contribution in [2.75, 3.05) is 5.32 Å². The topological polar surface area (TPSA) is 57.8 Å². The van der Waals surface area contributed by atoms with Crippen molar-refractivity contribution in [2.24, 2.45) is 0 Å². The second-order valence-corrected chi connectivity index (χ2v) is 4.12. The minimum absolute atomic E-state index is 0.583. The zero-order valence-corrected chi connectivity index (χ0v) is 11.5. The lowest BCUT2D eigenvalue weighted by molar-refractivity contribution is -0.105. The van der Waals surface area contributed by atoms with Gasteiger partial charge in [0.2, 0.25) is 6.41 Å². The van der Waals surface area contributed by atoms with Crippen LogP contribution in [0.2, 0.25) is 5.02 Å². The molecule has 0 atom stereocenters. The van der Waals surface area contributed by atoms with Gasteiger partial charge >= 0.3 is 0 Å². The molecule has 1 aromatic carbocycles. The van der Waals surface area contributed by atoms with Crippen LogP contribution in [0.3, 0.4) is 0 Å². The molecule has 4 nitrogen and oxygen atoms in total. The molecule has 0 aliphatic heterocycles. The third-order valence-electron chi connectivity index (χ3n) is 2.69. The fourth-order valence-electron chi connectivity index (χ4n) is 1.99. The van der Waals surface area contributed by atoms with Crippen LogP contribution in [0.4, 0.5) is 5.69 Å². The molecule has 2 aromatic heterocycles. The number of nitrogens with one attached hydrogen (secondary N) is 2. The summed E-state index contributed by atoms with van der Waals surface area (Å²) < 4.78 is 0. The van der Waals surface area contributed by atoms with Gasteiger partial charge in [0.15, 0.2) is 0 Å². The van der Waals surface area contributed by atoms with Crippen LogP contribution in [0.25, 0.3) is 21.8 Å². The number of pyridine rings is 1. The van der Waals surface area contributed by atoms with Gasteiger partial charge in [0.25, 0.3) is 0 Å². The quantitative estimate of drug-likeness (QED) is 0.696. The molecule has 0 saturated heterocycles. The summed E-state index contributed by atoms with van der Waals surface area (Å²) in [5, 5.41) is 5.22. The van der Waals surface area contributed by atoms with Crippen molar-refractivity contribution in [3.8, 4) is 0 Å². The molecule has 0 radical (unpaired) electrons. The highest BCUT2D eigenvalue weighted by atomic mass is 35.5. The number of H-pyrrole nitrogens is 1. The van der Waals surface area contributed by atoms with Crippen molar-refractivity contribution in [1.82, 2.24) is 9.97 Å². The maximum atomic E-state index is 10.6. The van der Waals surface area contributed by atoms with E-state index in [9.17, 15) is 4.79 Å². The summed E-state index contributed by atoms with van der Waals surface area (Å²) in [4.78, 5) is 17.8. The number of aromatic nitrogens is 2. The Labute approximate surface area is 115 Å². The third-order valence-corrected chi connectivity index (χ3v) is 2.91. The van der Waals surface area contributed by atoms with Crippen LogP contribution in [0.15, 0.2) is 30.6 Å². The summed E-state index contributed by atoms with van der Waals surface area (Å²) in [6.07, 6.45) is 4.10. The Morgan fingerprint density at radius 2 is 2.11 bits per heavy atom. The van der Waals surface area contributed by atoms with Gasteiger partial charge in [0, 0.05) is 22.0 Å². The summed E-state index contributed by atoms with van der Waals surface area (Å²) in [6.45, 7) is 4.00. The molecular weight excluding hydrogens is 262 g/mol. The van der Waals surface area contributed by atoms with Crippen molar-refractivity contribution < 1.29 is 4.79 Å². The van der Waals surface area contributed by atoms with Gasteiger partial charge in [-0.15, -0.1) is 0 Å². The molecule has 0 aliphatic carbocycles. The van der Waals surface area contributed by atoms with Crippen molar-refractivity contribution in [2.45, 2.75) is 13.8 Å². The lowest BCUT2D eigenvalue weighted by Crippen LogP contribution is -1.94. The standard InChI is InChI=1S/C12H8ClN3O.C2H6/c13-7-3-9-8-1-2-14-5-11(8)16-12(9)10(4-7)15-6-17;1-2/h1-6,16H,(H,15,17);1-2H3. The first-order chi connectivity index (χ1) is 9.29. The van der Waals surface area contributed by atoms with E-state index in [1.807, 2.05) is 26.0 Å². The van der Waals surface area contributed by atoms with Gasteiger partial charge in [-0.2, -0.15) is 0 Å². The number of halogens is 1. The van der Waals surface area contributed by atoms with E-state index in [0.29, 0.717) is 17.1 Å². The normalized spacial score (nSPS) is 10.1. The number of carbonyl (C=O) groups excluding carboxylic acids is 1. The van der Waals surface area contributed by atoms with Crippen LogP contribution < -0.4 is 5.32 Å². The summed E-state index contributed by atoms with van der Waals surface area (Å²) in [7, 11) is 0. The highest BCUT2D eigenvalue weighted by molar-refractivity contribution is 6.32. The number of amides is 1.